The number of fused-ring (bicyclic) bond motifs is 1. The molecule has 1 aliphatic heterocycles. The van der Waals surface area contributed by atoms with Gasteiger partial charge in [-0.3, -0.25) is 4.90 Å². The minimum absolute atomic E-state index is 0.0209. The van der Waals surface area contributed by atoms with Crippen molar-refractivity contribution in [2.75, 3.05) is 18.1 Å². The fourth-order valence-electron chi connectivity index (χ4n) is 3.03. The van der Waals surface area contributed by atoms with Crippen LogP contribution in [-0.4, -0.2) is 35.0 Å². The molecule has 2 heterocycles. The largest absolute Gasteiger partial charge is 0.441 e. The molecular weight excluding hydrogens is 343 g/mol. The van der Waals surface area contributed by atoms with Crippen LogP contribution in [0.3, 0.4) is 0 Å². The Bertz CT molecular complexity index is 1070. The maximum atomic E-state index is 14.7. The summed E-state index contributed by atoms with van der Waals surface area (Å²) in [5, 5.41) is 9.10. The van der Waals surface area contributed by atoms with Crippen LogP contribution in [0.5, 0.6) is 0 Å². The third kappa shape index (κ3) is 2.55. The number of ether oxygens (including phenoxy) is 1. The summed E-state index contributed by atoms with van der Waals surface area (Å²) >= 11 is 0. The Kier molecular flexibility index (Phi) is 3.77. The van der Waals surface area contributed by atoms with Crippen molar-refractivity contribution in [1.82, 2.24) is 4.57 Å². The highest BCUT2D eigenvalue weighted by atomic mass is 19.1. The van der Waals surface area contributed by atoms with Crippen LogP contribution in [0.4, 0.5) is 14.9 Å². The molecule has 26 heavy (non-hydrogen) atoms. The first-order valence-corrected chi connectivity index (χ1v) is 7.99. The summed E-state index contributed by atoms with van der Waals surface area (Å²) < 4.78 is 26.0. The van der Waals surface area contributed by atoms with E-state index in [-0.39, 0.29) is 24.5 Å². The van der Waals surface area contributed by atoms with Crippen molar-refractivity contribution >= 4 is 22.9 Å². The van der Waals surface area contributed by atoms with E-state index in [1.807, 2.05) is 6.92 Å². The number of aliphatic hydroxyl groups is 1. The molecule has 0 aliphatic carbocycles. The van der Waals surface area contributed by atoms with Gasteiger partial charge in [-0.2, -0.15) is 0 Å². The van der Waals surface area contributed by atoms with Crippen molar-refractivity contribution in [2.24, 2.45) is 0 Å². The van der Waals surface area contributed by atoms with Gasteiger partial charge in [-0.15, -0.1) is 0 Å². The van der Waals surface area contributed by atoms with Crippen LogP contribution in [0.25, 0.3) is 16.8 Å². The van der Waals surface area contributed by atoms with Crippen LogP contribution in [0.15, 0.2) is 45.6 Å². The molecule has 0 saturated carbocycles. The predicted octanol–water partition coefficient (Wildman–Crippen LogP) is 2.35. The first-order valence-electron chi connectivity index (χ1n) is 7.99. The third-order valence-electron chi connectivity index (χ3n) is 4.30. The number of rotatable bonds is 3. The van der Waals surface area contributed by atoms with Crippen molar-refractivity contribution in [3.63, 3.8) is 0 Å². The number of hydrogen-bond donors (Lipinski definition) is 1. The van der Waals surface area contributed by atoms with Crippen LogP contribution < -0.4 is 10.7 Å². The zero-order valence-electron chi connectivity index (χ0n) is 13.8. The molecule has 1 amide bonds. The Balaban J connectivity index is 1.77. The molecule has 0 bridgehead atoms. The average Bonchev–Trinajstić information content (AvgIpc) is 3.13. The SMILES string of the molecule is Cc1ccc2c(c1)oc(=O)n2-c1ccc(N2CC(CO)OC2=O)cc1F. The van der Waals surface area contributed by atoms with Crippen LogP contribution in [0.1, 0.15) is 5.56 Å². The number of nitrogens with zero attached hydrogens (tertiary/aromatic N) is 2. The van der Waals surface area contributed by atoms with Gasteiger partial charge in [0.05, 0.1) is 30.0 Å². The maximum Gasteiger partial charge on any atom is 0.424 e. The lowest BCUT2D eigenvalue weighted by Crippen LogP contribution is -2.25. The van der Waals surface area contributed by atoms with E-state index in [1.165, 1.54) is 17.0 Å². The molecule has 2 aromatic carbocycles. The molecule has 134 valence electrons. The molecule has 1 saturated heterocycles. The van der Waals surface area contributed by atoms with Gasteiger partial charge in [-0.05, 0) is 42.8 Å². The lowest BCUT2D eigenvalue weighted by atomic mass is 10.2. The van der Waals surface area contributed by atoms with Gasteiger partial charge >= 0.3 is 11.8 Å². The van der Waals surface area contributed by atoms with Crippen molar-refractivity contribution in [3.8, 4) is 5.69 Å². The molecule has 0 spiro atoms. The van der Waals surface area contributed by atoms with Crippen molar-refractivity contribution in [1.29, 1.82) is 0 Å². The molecule has 8 heteroatoms. The summed E-state index contributed by atoms with van der Waals surface area (Å²) in [5.41, 5.74) is 2.04. The number of benzene rings is 2. The van der Waals surface area contributed by atoms with Crippen molar-refractivity contribution in [3.05, 3.63) is 58.3 Å². The van der Waals surface area contributed by atoms with Gasteiger partial charge in [-0.25, -0.2) is 18.5 Å². The number of oxazole rings is 1. The van der Waals surface area contributed by atoms with E-state index < -0.39 is 23.8 Å². The molecule has 7 nitrogen and oxygen atoms in total. The van der Waals surface area contributed by atoms with Crippen LogP contribution in [0.2, 0.25) is 0 Å². The zero-order valence-corrected chi connectivity index (χ0v) is 13.8. The fraction of sp³-hybridized carbons (Fsp3) is 0.222. The zero-order chi connectivity index (χ0) is 18.4. The second-order valence-corrected chi connectivity index (χ2v) is 6.11. The second-order valence-electron chi connectivity index (χ2n) is 6.11. The van der Waals surface area contributed by atoms with E-state index in [1.54, 1.807) is 18.2 Å². The Labute approximate surface area is 146 Å². The van der Waals surface area contributed by atoms with Crippen LogP contribution in [-0.2, 0) is 4.74 Å². The summed E-state index contributed by atoms with van der Waals surface area (Å²) in [6, 6.07) is 9.26. The highest BCUT2D eigenvalue weighted by molar-refractivity contribution is 5.90. The maximum absolute atomic E-state index is 14.7. The van der Waals surface area contributed by atoms with Gasteiger partial charge in [0.2, 0.25) is 0 Å². The van der Waals surface area contributed by atoms with Gasteiger partial charge in [-0.1, -0.05) is 6.07 Å². The topological polar surface area (TPSA) is 84.9 Å². The molecule has 4 rings (SSSR count). The van der Waals surface area contributed by atoms with E-state index in [0.717, 1.165) is 16.2 Å². The standard InChI is InChI=1S/C18H15FN2O5/c1-10-2-4-15-16(6-10)26-18(24)21(15)14-5-3-11(7-13(14)19)20-8-12(9-22)25-17(20)23/h2-7,12,22H,8-9H2,1H3. The van der Waals surface area contributed by atoms with Gasteiger partial charge < -0.3 is 14.3 Å². The van der Waals surface area contributed by atoms with E-state index in [9.17, 15) is 14.0 Å². The minimum Gasteiger partial charge on any atom is -0.441 e. The van der Waals surface area contributed by atoms with Gasteiger partial charge in [0.15, 0.2) is 5.58 Å². The monoisotopic (exact) mass is 358 g/mol. The molecular formula is C18H15FN2O5. The number of amides is 1. The summed E-state index contributed by atoms with van der Waals surface area (Å²) in [7, 11) is 0. The van der Waals surface area contributed by atoms with Crippen molar-refractivity contribution in [2.45, 2.75) is 13.0 Å². The minimum atomic E-state index is -0.696. The Morgan fingerprint density at radius 1 is 1.23 bits per heavy atom. The number of carbonyl (C=O) groups is 1. The lowest BCUT2D eigenvalue weighted by molar-refractivity contribution is 0.0963. The van der Waals surface area contributed by atoms with Gasteiger partial charge in [0, 0.05) is 0 Å². The van der Waals surface area contributed by atoms with Crippen molar-refractivity contribution < 1.29 is 23.4 Å². The van der Waals surface area contributed by atoms with E-state index in [4.69, 9.17) is 14.3 Å². The summed E-state index contributed by atoms with van der Waals surface area (Å²) in [6.45, 7) is 1.68. The second kappa shape index (κ2) is 5.99. The number of carbonyl (C=O) groups excluding carboxylic acids is 1. The predicted molar refractivity (Wildman–Crippen MR) is 91.2 cm³/mol. The summed E-state index contributed by atoms with van der Waals surface area (Å²) in [6.07, 6.45) is -1.30. The quantitative estimate of drug-likeness (QED) is 0.777. The number of aromatic nitrogens is 1. The Hall–Kier alpha value is -3.13. The highest BCUT2D eigenvalue weighted by Gasteiger charge is 2.32. The lowest BCUT2D eigenvalue weighted by Gasteiger charge is -2.14. The molecule has 0 radical (unpaired) electrons. The Morgan fingerprint density at radius 3 is 2.73 bits per heavy atom. The first kappa shape index (κ1) is 16.3. The summed E-state index contributed by atoms with van der Waals surface area (Å²) in [4.78, 5) is 25.3. The summed E-state index contributed by atoms with van der Waals surface area (Å²) in [5.74, 6) is -1.38. The highest BCUT2D eigenvalue weighted by Crippen LogP contribution is 2.27. The molecule has 1 N–H and O–H groups in total. The van der Waals surface area contributed by atoms with Crippen LogP contribution in [0, 0.1) is 12.7 Å². The van der Waals surface area contributed by atoms with E-state index in [0.29, 0.717) is 11.1 Å². The normalized spacial score (nSPS) is 17.1. The molecule has 1 aliphatic rings. The fourth-order valence-corrected chi connectivity index (χ4v) is 3.03. The van der Waals surface area contributed by atoms with E-state index in [2.05, 4.69) is 0 Å². The number of aliphatic hydroxyl groups excluding tert-OH is 1. The van der Waals surface area contributed by atoms with Gasteiger partial charge in [0.1, 0.15) is 11.9 Å². The van der Waals surface area contributed by atoms with Gasteiger partial charge in [0.25, 0.3) is 0 Å². The number of halogens is 1. The number of aryl methyl sites for hydroxylation is 1. The number of cyclic esters (lactones) is 1. The van der Waals surface area contributed by atoms with Crippen LogP contribution >= 0.6 is 0 Å². The molecule has 3 aromatic rings. The molecule has 1 atom stereocenters. The number of hydrogen-bond acceptors (Lipinski definition) is 5. The first-order chi connectivity index (χ1) is 12.5. The molecule has 1 fully saturated rings. The number of anilines is 1. The Morgan fingerprint density at radius 2 is 2.04 bits per heavy atom. The smallest absolute Gasteiger partial charge is 0.424 e. The average molecular weight is 358 g/mol. The molecule has 1 unspecified atom stereocenters. The molecule has 1 aromatic heterocycles. The van der Waals surface area contributed by atoms with E-state index >= 15 is 0 Å². The third-order valence-corrected chi connectivity index (χ3v) is 4.30.